The van der Waals surface area contributed by atoms with E-state index in [-0.39, 0.29) is 17.2 Å². The number of nitrogens with one attached hydrogen (secondary N) is 2. The minimum absolute atomic E-state index is 0.0689. The number of hydrogen-bond donors (Lipinski definition) is 2. The first-order chi connectivity index (χ1) is 16.2. The monoisotopic (exact) mass is 484 g/mol. The van der Waals surface area contributed by atoms with Crippen molar-refractivity contribution in [1.29, 1.82) is 0 Å². The molecule has 0 aliphatic rings. The Kier molecular flexibility index (Phi) is 8.01. The third-order valence-electron chi connectivity index (χ3n) is 5.14. The van der Waals surface area contributed by atoms with Crippen LogP contribution in [0.4, 0.5) is 11.4 Å². The number of hydrogen-bond acceptors (Lipinski definition) is 6. The number of anilines is 2. The third-order valence-corrected chi connectivity index (χ3v) is 6.52. The van der Waals surface area contributed by atoms with Crippen LogP contribution in [0.1, 0.15) is 17.5 Å². The first-order valence-electron chi connectivity index (χ1n) is 10.5. The van der Waals surface area contributed by atoms with Gasteiger partial charge in [-0.05, 0) is 73.0 Å². The van der Waals surface area contributed by atoms with Crippen LogP contribution in [0.25, 0.3) is 0 Å². The average Bonchev–Trinajstić information content (AvgIpc) is 2.82. The molecule has 0 unspecified atom stereocenters. The lowest BCUT2D eigenvalue weighted by Crippen LogP contribution is -2.15. The Morgan fingerprint density at radius 2 is 1.47 bits per heavy atom. The van der Waals surface area contributed by atoms with Crippen molar-refractivity contribution in [2.24, 2.45) is 0 Å². The summed E-state index contributed by atoms with van der Waals surface area (Å²) in [6, 6.07) is 16.7. The van der Waals surface area contributed by atoms with Crippen LogP contribution in [0.2, 0.25) is 0 Å². The molecule has 3 aromatic carbocycles. The Morgan fingerprint density at radius 3 is 2.12 bits per heavy atom. The molecule has 0 atom stereocenters. The number of benzene rings is 3. The summed E-state index contributed by atoms with van der Waals surface area (Å²) in [6.07, 6.45) is 0.769. The van der Waals surface area contributed by atoms with Crippen LogP contribution >= 0.6 is 0 Å². The fraction of sp³-hybridized carbons (Fsp3) is 0.240. The van der Waals surface area contributed by atoms with Gasteiger partial charge in [-0.3, -0.25) is 9.52 Å². The van der Waals surface area contributed by atoms with Crippen molar-refractivity contribution >= 4 is 27.3 Å². The maximum Gasteiger partial charge on any atom is 0.262 e. The van der Waals surface area contributed by atoms with E-state index in [0.717, 1.165) is 11.1 Å². The van der Waals surface area contributed by atoms with Gasteiger partial charge in [0.05, 0.1) is 31.9 Å². The molecule has 34 heavy (non-hydrogen) atoms. The van der Waals surface area contributed by atoms with Crippen LogP contribution in [0.15, 0.2) is 65.6 Å². The predicted molar refractivity (Wildman–Crippen MR) is 131 cm³/mol. The number of methoxy groups -OCH3 is 3. The molecule has 2 N–H and O–H groups in total. The highest BCUT2D eigenvalue weighted by molar-refractivity contribution is 7.92. The lowest BCUT2D eigenvalue weighted by atomic mass is 10.1. The molecule has 1 amide bonds. The zero-order valence-electron chi connectivity index (χ0n) is 19.5. The Labute approximate surface area is 199 Å². The summed E-state index contributed by atoms with van der Waals surface area (Å²) in [5.74, 6) is 1.47. The summed E-state index contributed by atoms with van der Waals surface area (Å²) in [6.45, 7) is 1.86. The fourth-order valence-electron chi connectivity index (χ4n) is 3.34. The minimum atomic E-state index is -3.83. The number of rotatable bonds is 10. The standard InChI is InChI=1S/C25H28N2O6S/c1-17-5-12-22(31-2)21(15-17)27-34(29,30)20-10-8-19(9-11-20)26-25(28)14-7-18-6-13-23(32-3)24(16-18)33-4/h5-6,8-13,15-16,27H,7,14H2,1-4H3,(H,26,28). The maximum atomic E-state index is 12.8. The molecule has 0 fully saturated rings. The SMILES string of the molecule is COc1ccc(C)cc1NS(=O)(=O)c1ccc(NC(=O)CCc2ccc(OC)c(OC)c2)cc1. The Bertz CT molecular complexity index is 1260. The summed E-state index contributed by atoms with van der Waals surface area (Å²) in [7, 11) is 0.773. The molecule has 0 aliphatic carbocycles. The molecule has 3 rings (SSSR count). The summed E-state index contributed by atoms with van der Waals surface area (Å²) >= 11 is 0. The molecule has 0 heterocycles. The number of ether oxygens (including phenoxy) is 3. The van der Waals surface area contributed by atoms with Crippen LogP contribution in [0, 0.1) is 6.92 Å². The topological polar surface area (TPSA) is 103 Å². The Hall–Kier alpha value is -3.72. The number of amides is 1. The van der Waals surface area contributed by atoms with E-state index < -0.39 is 10.0 Å². The molecule has 180 valence electrons. The zero-order chi connectivity index (χ0) is 24.7. The zero-order valence-corrected chi connectivity index (χ0v) is 20.4. The van der Waals surface area contributed by atoms with E-state index in [2.05, 4.69) is 10.0 Å². The van der Waals surface area contributed by atoms with Gasteiger partial charge in [0.25, 0.3) is 10.0 Å². The molecule has 8 nitrogen and oxygen atoms in total. The molecular weight excluding hydrogens is 456 g/mol. The summed E-state index contributed by atoms with van der Waals surface area (Å²) in [5, 5.41) is 2.79. The maximum absolute atomic E-state index is 12.8. The van der Waals surface area contributed by atoms with E-state index in [1.807, 2.05) is 25.1 Å². The second-order valence-electron chi connectivity index (χ2n) is 7.57. The Balaban J connectivity index is 1.62. The molecule has 0 aliphatic heterocycles. The predicted octanol–water partition coefficient (Wildman–Crippen LogP) is 4.39. The molecule has 3 aromatic rings. The highest BCUT2D eigenvalue weighted by atomic mass is 32.2. The fourth-order valence-corrected chi connectivity index (χ4v) is 4.40. The van der Waals surface area contributed by atoms with Gasteiger partial charge in [0.1, 0.15) is 5.75 Å². The first-order valence-corrected chi connectivity index (χ1v) is 12.0. The first kappa shape index (κ1) is 24.9. The van der Waals surface area contributed by atoms with Gasteiger partial charge in [0, 0.05) is 12.1 Å². The van der Waals surface area contributed by atoms with Gasteiger partial charge in [-0.1, -0.05) is 12.1 Å². The largest absolute Gasteiger partial charge is 0.495 e. The number of sulfonamides is 1. The molecule has 0 saturated heterocycles. The quantitative estimate of drug-likeness (QED) is 0.442. The average molecular weight is 485 g/mol. The van der Waals surface area contributed by atoms with Crippen LogP contribution in [-0.2, 0) is 21.2 Å². The summed E-state index contributed by atoms with van der Waals surface area (Å²) in [5.41, 5.74) is 2.69. The highest BCUT2D eigenvalue weighted by Crippen LogP contribution is 2.29. The lowest BCUT2D eigenvalue weighted by molar-refractivity contribution is -0.116. The van der Waals surface area contributed by atoms with E-state index in [4.69, 9.17) is 14.2 Å². The second kappa shape index (κ2) is 10.9. The van der Waals surface area contributed by atoms with Crippen molar-refractivity contribution in [3.63, 3.8) is 0 Å². The van der Waals surface area contributed by atoms with Crippen molar-refractivity contribution in [3.05, 3.63) is 71.8 Å². The summed E-state index contributed by atoms with van der Waals surface area (Å²) in [4.78, 5) is 12.4. The molecule has 0 saturated carbocycles. The van der Waals surface area contributed by atoms with Crippen LogP contribution in [-0.4, -0.2) is 35.7 Å². The molecule has 9 heteroatoms. The van der Waals surface area contributed by atoms with Crippen molar-refractivity contribution in [2.75, 3.05) is 31.4 Å². The molecular formula is C25H28N2O6S. The van der Waals surface area contributed by atoms with Crippen molar-refractivity contribution in [2.45, 2.75) is 24.7 Å². The van der Waals surface area contributed by atoms with Gasteiger partial charge in [0.15, 0.2) is 11.5 Å². The number of carbonyl (C=O) groups excluding carboxylic acids is 1. The van der Waals surface area contributed by atoms with Gasteiger partial charge in [-0.2, -0.15) is 0 Å². The van der Waals surface area contributed by atoms with Gasteiger partial charge in [0.2, 0.25) is 5.91 Å². The molecule has 0 bridgehead atoms. The normalized spacial score (nSPS) is 10.9. The van der Waals surface area contributed by atoms with E-state index in [1.54, 1.807) is 44.6 Å². The van der Waals surface area contributed by atoms with Gasteiger partial charge in [-0.15, -0.1) is 0 Å². The van der Waals surface area contributed by atoms with Gasteiger partial charge in [-0.25, -0.2) is 8.42 Å². The molecule has 0 radical (unpaired) electrons. The van der Waals surface area contributed by atoms with E-state index >= 15 is 0 Å². The van der Waals surface area contributed by atoms with E-state index in [1.165, 1.54) is 19.2 Å². The lowest BCUT2D eigenvalue weighted by Gasteiger charge is -2.13. The van der Waals surface area contributed by atoms with Crippen molar-refractivity contribution < 1.29 is 27.4 Å². The molecule has 0 spiro atoms. The van der Waals surface area contributed by atoms with Crippen LogP contribution in [0.5, 0.6) is 17.2 Å². The van der Waals surface area contributed by atoms with E-state index in [0.29, 0.717) is 35.0 Å². The number of carbonyl (C=O) groups is 1. The van der Waals surface area contributed by atoms with Crippen molar-refractivity contribution in [3.8, 4) is 17.2 Å². The van der Waals surface area contributed by atoms with E-state index in [9.17, 15) is 13.2 Å². The van der Waals surface area contributed by atoms with Crippen LogP contribution in [0.3, 0.4) is 0 Å². The van der Waals surface area contributed by atoms with Gasteiger partial charge >= 0.3 is 0 Å². The Morgan fingerprint density at radius 1 is 0.824 bits per heavy atom. The molecule has 0 aromatic heterocycles. The van der Waals surface area contributed by atoms with Crippen molar-refractivity contribution in [1.82, 2.24) is 0 Å². The number of aryl methyl sites for hydroxylation is 2. The van der Waals surface area contributed by atoms with Crippen LogP contribution < -0.4 is 24.2 Å². The highest BCUT2D eigenvalue weighted by Gasteiger charge is 2.17. The summed E-state index contributed by atoms with van der Waals surface area (Å²) < 4.78 is 43.9. The third kappa shape index (κ3) is 6.20. The minimum Gasteiger partial charge on any atom is -0.495 e. The smallest absolute Gasteiger partial charge is 0.262 e. The van der Waals surface area contributed by atoms with Gasteiger partial charge < -0.3 is 19.5 Å². The second-order valence-corrected chi connectivity index (χ2v) is 9.25.